The molecule has 2 heterocycles. The van der Waals surface area contributed by atoms with E-state index < -0.39 is 17.6 Å². The Morgan fingerprint density at radius 3 is 3.04 bits per heavy atom. The standard InChI is InChI=1S/C18H21NO4/c1-2-22-17(21)15-14-11-7-3-4-9-13(11)23-18(19-16(15)20)10-6-5-8-12(14)18/h3-4,7,9,12,14-15H,2,5-6,8,10H2,1H3,(H,19,20)/t12-,14-,15-,18+/m0/s1. The maximum Gasteiger partial charge on any atom is 0.319 e. The quantitative estimate of drug-likeness (QED) is 0.672. The highest BCUT2D eigenvalue weighted by atomic mass is 16.5. The van der Waals surface area contributed by atoms with E-state index in [1.807, 2.05) is 24.3 Å². The van der Waals surface area contributed by atoms with Crippen molar-refractivity contribution in [1.82, 2.24) is 5.32 Å². The molecule has 4 rings (SSSR count). The molecule has 0 spiro atoms. The summed E-state index contributed by atoms with van der Waals surface area (Å²) >= 11 is 0. The highest BCUT2D eigenvalue weighted by molar-refractivity contribution is 6.00. The van der Waals surface area contributed by atoms with Crippen LogP contribution in [0.25, 0.3) is 0 Å². The molecule has 3 aliphatic rings. The van der Waals surface area contributed by atoms with Crippen LogP contribution in [0.3, 0.4) is 0 Å². The van der Waals surface area contributed by atoms with Crippen molar-refractivity contribution in [1.29, 1.82) is 0 Å². The Labute approximate surface area is 135 Å². The number of fused-ring (bicyclic) bond motifs is 2. The second kappa shape index (κ2) is 5.25. The van der Waals surface area contributed by atoms with Gasteiger partial charge >= 0.3 is 5.97 Å². The van der Waals surface area contributed by atoms with Crippen LogP contribution in [0, 0.1) is 11.8 Å². The summed E-state index contributed by atoms with van der Waals surface area (Å²) in [5.41, 5.74) is 0.306. The van der Waals surface area contributed by atoms with Gasteiger partial charge in [0.25, 0.3) is 0 Å². The van der Waals surface area contributed by atoms with Crippen LogP contribution in [0.1, 0.15) is 44.1 Å². The molecule has 23 heavy (non-hydrogen) atoms. The van der Waals surface area contributed by atoms with Gasteiger partial charge in [-0.1, -0.05) is 24.6 Å². The molecule has 0 aromatic heterocycles. The van der Waals surface area contributed by atoms with Crippen molar-refractivity contribution >= 4 is 11.9 Å². The predicted molar refractivity (Wildman–Crippen MR) is 82.8 cm³/mol. The minimum Gasteiger partial charge on any atom is -0.467 e. The van der Waals surface area contributed by atoms with Crippen LogP contribution in [0.4, 0.5) is 0 Å². The van der Waals surface area contributed by atoms with Crippen molar-refractivity contribution < 1.29 is 19.1 Å². The number of rotatable bonds is 2. The topological polar surface area (TPSA) is 64.6 Å². The van der Waals surface area contributed by atoms with Gasteiger partial charge in [-0.3, -0.25) is 9.59 Å². The fraction of sp³-hybridized carbons (Fsp3) is 0.556. The van der Waals surface area contributed by atoms with Crippen LogP contribution in [0.5, 0.6) is 5.75 Å². The van der Waals surface area contributed by atoms with Crippen molar-refractivity contribution in [3.63, 3.8) is 0 Å². The highest BCUT2D eigenvalue weighted by Crippen LogP contribution is 2.55. The number of para-hydroxylation sites is 1. The highest BCUT2D eigenvalue weighted by Gasteiger charge is 2.61. The zero-order chi connectivity index (χ0) is 16.0. The van der Waals surface area contributed by atoms with Crippen molar-refractivity contribution in [3.8, 4) is 5.75 Å². The minimum atomic E-state index is -0.781. The first-order valence-corrected chi connectivity index (χ1v) is 8.43. The van der Waals surface area contributed by atoms with Crippen molar-refractivity contribution in [3.05, 3.63) is 29.8 Å². The second-order valence-electron chi connectivity index (χ2n) is 6.63. The summed E-state index contributed by atoms with van der Waals surface area (Å²) in [6.07, 6.45) is 3.87. The molecule has 1 N–H and O–H groups in total. The third-order valence-electron chi connectivity index (χ3n) is 5.43. The lowest BCUT2D eigenvalue weighted by Gasteiger charge is -2.55. The van der Waals surface area contributed by atoms with Gasteiger partial charge in [0.15, 0.2) is 5.72 Å². The smallest absolute Gasteiger partial charge is 0.319 e. The molecular weight excluding hydrogens is 294 g/mol. The predicted octanol–water partition coefficient (Wildman–Crippen LogP) is 2.36. The molecular formula is C18H21NO4. The molecule has 5 heteroatoms. The van der Waals surface area contributed by atoms with Crippen LogP contribution in [-0.4, -0.2) is 24.2 Å². The summed E-state index contributed by atoms with van der Waals surface area (Å²) in [5, 5.41) is 3.03. The van der Waals surface area contributed by atoms with E-state index in [-0.39, 0.29) is 24.3 Å². The Morgan fingerprint density at radius 2 is 2.22 bits per heavy atom. The van der Waals surface area contributed by atoms with Crippen LogP contribution in [0.15, 0.2) is 24.3 Å². The van der Waals surface area contributed by atoms with Crippen molar-refractivity contribution in [2.75, 3.05) is 6.61 Å². The van der Waals surface area contributed by atoms with Crippen LogP contribution < -0.4 is 10.1 Å². The molecule has 1 aliphatic carbocycles. The lowest BCUT2D eigenvalue weighted by molar-refractivity contribution is -0.171. The Bertz CT molecular complexity index is 658. The molecule has 4 atom stereocenters. The Kier molecular flexibility index (Phi) is 3.32. The third-order valence-corrected chi connectivity index (χ3v) is 5.43. The molecule has 0 radical (unpaired) electrons. The average Bonchev–Trinajstić information content (AvgIpc) is 2.54. The normalized spacial score (nSPS) is 34.5. The van der Waals surface area contributed by atoms with Gasteiger partial charge in [0.05, 0.1) is 6.61 Å². The molecule has 2 fully saturated rings. The van der Waals surface area contributed by atoms with Gasteiger partial charge in [-0.2, -0.15) is 0 Å². The van der Waals surface area contributed by atoms with Gasteiger partial charge < -0.3 is 14.8 Å². The van der Waals surface area contributed by atoms with Gasteiger partial charge in [-0.05, 0) is 31.4 Å². The zero-order valence-corrected chi connectivity index (χ0v) is 13.2. The average molecular weight is 315 g/mol. The summed E-state index contributed by atoms with van der Waals surface area (Å²) in [4.78, 5) is 25.2. The maximum atomic E-state index is 12.7. The molecule has 1 saturated heterocycles. The molecule has 122 valence electrons. The Morgan fingerprint density at radius 1 is 1.39 bits per heavy atom. The van der Waals surface area contributed by atoms with Crippen LogP contribution in [0.2, 0.25) is 0 Å². The molecule has 1 saturated carbocycles. The van der Waals surface area contributed by atoms with E-state index in [0.29, 0.717) is 0 Å². The molecule has 2 bridgehead atoms. The van der Waals surface area contributed by atoms with E-state index in [9.17, 15) is 9.59 Å². The number of esters is 1. The fourth-order valence-corrected chi connectivity index (χ4v) is 4.56. The van der Waals surface area contributed by atoms with E-state index in [1.54, 1.807) is 6.92 Å². The molecule has 2 aliphatic heterocycles. The van der Waals surface area contributed by atoms with Gasteiger partial charge in [0, 0.05) is 18.3 Å². The lowest BCUT2D eigenvalue weighted by Crippen LogP contribution is -2.69. The third kappa shape index (κ3) is 2.06. The van der Waals surface area contributed by atoms with E-state index in [4.69, 9.17) is 9.47 Å². The number of nitrogens with one attached hydrogen (secondary N) is 1. The largest absolute Gasteiger partial charge is 0.467 e. The summed E-state index contributed by atoms with van der Waals surface area (Å²) in [6.45, 7) is 2.05. The van der Waals surface area contributed by atoms with Crippen molar-refractivity contribution in [2.24, 2.45) is 11.8 Å². The number of benzene rings is 1. The van der Waals surface area contributed by atoms with Crippen molar-refractivity contribution in [2.45, 2.75) is 44.2 Å². The number of amides is 1. The summed E-state index contributed by atoms with van der Waals surface area (Å²) < 4.78 is 11.5. The molecule has 1 amide bonds. The summed E-state index contributed by atoms with van der Waals surface area (Å²) in [5.74, 6) is -0.723. The first kappa shape index (κ1) is 14.5. The van der Waals surface area contributed by atoms with Gasteiger partial charge in [0.1, 0.15) is 11.7 Å². The zero-order valence-electron chi connectivity index (χ0n) is 13.2. The Hall–Kier alpha value is -2.04. The number of carbonyl (C=O) groups excluding carboxylic acids is 2. The molecule has 5 nitrogen and oxygen atoms in total. The molecule has 1 aromatic rings. The van der Waals surface area contributed by atoms with Gasteiger partial charge in [0.2, 0.25) is 5.91 Å². The number of hydrogen-bond acceptors (Lipinski definition) is 4. The first-order valence-electron chi connectivity index (χ1n) is 8.43. The number of hydrogen-bond donors (Lipinski definition) is 1. The minimum absolute atomic E-state index is 0.123. The molecule has 1 aromatic carbocycles. The fourth-order valence-electron chi connectivity index (χ4n) is 4.56. The van der Waals surface area contributed by atoms with Gasteiger partial charge in [-0.25, -0.2) is 0 Å². The van der Waals surface area contributed by atoms with Crippen LogP contribution >= 0.6 is 0 Å². The number of ether oxygens (including phenoxy) is 2. The van der Waals surface area contributed by atoms with E-state index in [2.05, 4.69) is 5.32 Å². The summed E-state index contributed by atoms with van der Waals surface area (Å²) in [6, 6.07) is 7.76. The van der Waals surface area contributed by atoms with E-state index >= 15 is 0 Å². The maximum absolute atomic E-state index is 12.7. The van der Waals surface area contributed by atoms with E-state index in [1.165, 1.54) is 0 Å². The monoisotopic (exact) mass is 315 g/mol. The van der Waals surface area contributed by atoms with Gasteiger partial charge in [-0.15, -0.1) is 0 Å². The number of carbonyl (C=O) groups is 2. The SMILES string of the molecule is CCOC(=O)[C@@H]1C(=O)N[C@@]23CCCC[C@H]2[C@@H]1c1ccccc1O3. The molecule has 0 unspecified atom stereocenters. The first-order chi connectivity index (χ1) is 11.2. The van der Waals surface area contributed by atoms with E-state index in [0.717, 1.165) is 37.0 Å². The summed E-state index contributed by atoms with van der Waals surface area (Å²) in [7, 11) is 0. The lowest BCUT2D eigenvalue weighted by atomic mass is 9.62. The Balaban J connectivity index is 1.85. The number of piperidine rings is 1. The second-order valence-corrected chi connectivity index (χ2v) is 6.63. The van der Waals surface area contributed by atoms with Crippen LogP contribution in [-0.2, 0) is 14.3 Å².